The van der Waals surface area contributed by atoms with E-state index in [1.165, 1.54) is 5.56 Å². The van der Waals surface area contributed by atoms with Gasteiger partial charge in [0.15, 0.2) is 11.8 Å². The van der Waals surface area contributed by atoms with Crippen molar-refractivity contribution in [2.24, 2.45) is 4.99 Å². The van der Waals surface area contributed by atoms with Gasteiger partial charge in [-0.2, -0.15) is 5.10 Å². The molecule has 2 aromatic rings. The molecular weight excluding hydrogens is 382 g/mol. The molecule has 1 amide bonds. The molecule has 9 nitrogen and oxygen atoms in total. The molecule has 1 aromatic heterocycles. The third-order valence-electron chi connectivity index (χ3n) is 5.56. The lowest BCUT2D eigenvalue weighted by atomic mass is 10.0. The first-order chi connectivity index (χ1) is 14.7. The zero-order chi connectivity index (χ0) is 20.9. The van der Waals surface area contributed by atoms with Crippen molar-refractivity contribution < 1.29 is 9.53 Å². The van der Waals surface area contributed by atoms with E-state index in [1.54, 1.807) is 14.2 Å². The van der Waals surface area contributed by atoms with Crippen molar-refractivity contribution in [2.45, 2.75) is 44.9 Å². The van der Waals surface area contributed by atoms with Crippen molar-refractivity contribution in [1.29, 1.82) is 0 Å². The molecule has 1 atom stereocenters. The third kappa shape index (κ3) is 4.46. The molecular formula is C21H29N7O2. The standard InChI is InChI=1S/C21H29N7O2/c1-22-21(24-16-9-10-19-25-18(14-30-2)26-28(19)13-16)23-12-20(29)27-11-5-7-15-6-3-4-8-17(15)27/h3-4,6,8,16H,5,7,9-14H2,1-2H3,(H2,22,23,24). The molecule has 9 heteroatoms. The summed E-state index contributed by atoms with van der Waals surface area (Å²) < 4.78 is 7.05. The molecule has 0 spiro atoms. The van der Waals surface area contributed by atoms with Gasteiger partial charge in [0.05, 0.1) is 13.1 Å². The van der Waals surface area contributed by atoms with Crippen molar-refractivity contribution in [3.8, 4) is 0 Å². The minimum Gasteiger partial charge on any atom is -0.377 e. The zero-order valence-electron chi connectivity index (χ0n) is 17.6. The maximum atomic E-state index is 12.8. The highest BCUT2D eigenvalue weighted by Crippen LogP contribution is 2.26. The Morgan fingerprint density at radius 2 is 2.20 bits per heavy atom. The van der Waals surface area contributed by atoms with Crippen LogP contribution in [0.2, 0.25) is 0 Å². The molecule has 1 aromatic carbocycles. The highest BCUT2D eigenvalue weighted by Gasteiger charge is 2.24. The summed E-state index contributed by atoms with van der Waals surface area (Å²) in [4.78, 5) is 23.5. The molecule has 2 N–H and O–H groups in total. The molecule has 1 unspecified atom stereocenters. The lowest BCUT2D eigenvalue weighted by molar-refractivity contribution is -0.117. The maximum absolute atomic E-state index is 12.8. The number of anilines is 1. The fourth-order valence-corrected chi connectivity index (χ4v) is 4.10. The first-order valence-corrected chi connectivity index (χ1v) is 10.4. The predicted octanol–water partition coefficient (Wildman–Crippen LogP) is 0.884. The number of hydrogen-bond donors (Lipinski definition) is 2. The molecule has 2 aliphatic rings. The first-order valence-electron chi connectivity index (χ1n) is 10.4. The Bertz CT molecular complexity index is 924. The molecule has 0 bridgehead atoms. The zero-order valence-corrected chi connectivity index (χ0v) is 17.6. The van der Waals surface area contributed by atoms with Gasteiger partial charge < -0.3 is 20.3 Å². The van der Waals surface area contributed by atoms with Crippen LogP contribution in [0.1, 0.15) is 30.1 Å². The smallest absolute Gasteiger partial charge is 0.246 e. The van der Waals surface area contributed by atoms with Gasteiger partial charge in [-0.05, 0) is 30.9 Å². The number of aryl methyl sites for hydroxylation is 2. The Balaban J connectivity index is 1.32. The quantitative estimate of drug-likeness (QED) is 0.560. The molecule has 3 heterocycles. The van der Waals surface area contributed by atoms with Crippen LogP contribution in [0.4, 0.5) is 5.69 Å². The van der Waals surface area contributed by atoms with E-state index in [9.17, 15) is 4.79 Å². The predicted molar refractivity (Wildman–Crippen MR) is 114 cm³/mol. The Hall–Kier alpha value is -2.94. The summed E-state index contributed by atoms with van der Waals surface area (Å²) in [5.41, 5.74) is 2.26. The molecule has 0 saturated carbocycles. The largest absolute Gasteiger partial charge is 0.377 e. The van der Waals surface area contributed by atoms with Crippen molar-refractivity contribution >= 4 is 17.6 Å². The van der Waals surface area contributed by atoms with Crippen LogP contribution in [0.15, 0.2) is 29.3 Å². The van der Waals surface area contributed by atoms with E-state index in [1.807, 2.05) is 27.8 Å². The van der Waals surface area contributed by atoms with Gasteiger partial charge in [-0.1, -0.05) is 18.2 Å². The number of nitrogens with zero attached hydrogens (tertiary/aromatic N) is 5. The van der Waals surface area contributed by atoms with Crippen molar-refractivity contribution in [1.82, 2.24) is 25.4 Å². The molecule has 0 saturated heterocycles. The SMILES string of the molecule is CN=C(NCC(=O)N1CCCc2ccccc21)NC1CCc2nc(COC)nn2C1. The van der Waals surface area contributed by atoms with Gasteiger partial charge in [0.25, 0.3) is 0 Å². The fourth-order valence-electron chi connectivity index (χ4n) is 4.10. The van der Waals surface area contributed by atoms with Crippen molar-refractivity contribution in [3.05, 3.63) is 41.5 Å². The first kappa shape index (κ1) is 20.3. The fraction of sp³-hybridized carbons (Fsp3) is 0.524. The molecule has 2 aliphatic heterocycles. The summed E-state index contributed by atoms with van der Waals surface area (Å²) in [6, 6.07) is 8.31. The lowest BCUT2D eigenvalue weighted by Crippen LogP contribution is -2.50. The summed E-state index contributed by atoms with van der Waals surface area (Å²) in [6.45, 7) is 2.08. The summed E-state index contributed by atoms with van der Waals surface area (Å²) in [5.74, 6) is 2.38. The van der Waals surface area contributed by atoms with Crippen LogP contribution in [0, 0.1) is 0 Å². The Morgan fingerprint density at radius 1 is 1.33 bits per heavy atom. The number of rotatable bonds is 5. The van der Waals surface area contributed by atoms with E-state index in [4.69, 9.17) is 4.74 Å². The summed E-state index contributed by atoms with van der Waals surface area (Å²) >= 11 is 0. The second-order valence-corrected chi connectivity index (χ2v) is 7.64. The monoisotopic (exact) mass is 411 g/mol. The number of fused-ring (bicyclic) bond motifs is 2. The molecule has 0 fully saturated rings. The number of guanidine groups is 1. The number of aromatic nitrogens is 3. The van der Waals surface area contributed by atoms with E-state index in [-0.39, 0.29) is 18.5 Å². The highest BCUT2D eigenvalue weighted by atomic mass is 16.5. The van der Waals surface area contributed by atoms with E-state index in [0.29, 0.717) is 24.9 Å². The van der Waals surface area contributed by atoms with Crippen molar-refractivity contribution in [2.75, 3.05) is 32.1 Å². The van der Waals surface area contributed by atoms with Crippen LogP contribution < -0.4 is 15.5 Å². The van der Waals surface area contributed by atoms with Gasteiger partial charge in [-0.25, -0.2) is 9.67 Å². The number of para-hydroxylation sites is 1. The number of nitrogens with one attached hydrogen (secondary N) is 2. The second-order valence-electron chi connectivity index (χ2n) is 7.64. The number of aliphatic imine (C=N–C) groups is 1. The number of amides is 1. The third-order valence-corrected chi connectivity index (χ3v) is 5.56. The van der Waals surface area contributed by atoms with Gasteiger partial charge in [0, 0.05) is 38.9 Å². The number of carbonyl (C=O) groups excluding carboxylic acids is 1. The topological polar surface area (TPSA) is 96.7 Å². The van der Waals surface area contributed by atoms with E-state index < -0.39 is 0 Å². The lowest BCUT2D eigenvalue weighted by Gasteiger charge is -2.30. The highest BCUT2D eigenvalue weighted by molar-refractivity contribution is 5.98. The minimum absolute atomic E-state index is 0.0523. The molecule has 0 aliphatic carbocycles. The normalized spacial score (nSPS) is 18.5. The Kier molecular flexibility index (Phi) is 6.27. The van der Waals surface area contributed by atoms with Crippen LogP contribution in [0.3, 0.4) is 0 Å². The molecule has 160 valence electrons. The Morgan fingerprint density at radius 3 is 3.03 bits per heavy atom. The second kappa shape index (κ2) is 9.25. The van der Waals surface area contributed by atoms with Crippen LogP contribution in [-0.2, 0) is 35.5 Å². The van der Waals surface area contributed by atoms with Crippen molar-refractivity contribution in [3.63, 3.8) is 0 Å². The van der Waals surface area contributed by atoms with Crippen LogP contribution >= 0.6 is 0 Å². The number of carbonyl (C=O) groups is 1. The number of hydrogen-bond acceptors (Lipinski definition) is 5. The van der Waals surface area contributed by atoms with Crippen LogP contribution in [0.5, 0.6) is 0 Å². The van der Waals surface area contributed by atoms with Crippen LogP contribution in [-0.4, -0.2) is 59.9 Å². The summed E-state index contributed by atoms with van der Waals surface area (Å²) in [6.07, 6.45) is 3.78. The average molecular weight is 412 g/mol. The van der Waals surface area contributed by atoms with Gasteiger partial charge >= 0.3 is 0 Å². The number of ether oxygens (including phenoxy) is 1. The molecule has 4 rings (SSSR count). The minimum atomic E-state index is 0.0523. The number of benzene rings is 1. The van der Waals surface area contributed by atoms with E-state index in [0.717, 1.165) is 43.7 Å². The van der Waals surface area contributed by atoms with E-state index in [2.05, 4.69) is 31.8 Å². The van der Waals surface area contributed by atoms with E-state index >= 15 is 0 Å². The summed E-state index contributed by atoms with van der Waals surface area (Å²) in [7, 11) is 3.36. The summed E-state index contributed by atoms with van der Waals surface area (Å²) in [5, 5.41) is 11.1. The van der Waals surface area contributed by atoms with Gasteiger partial charge in [0.2, 0.25) is 5.91 Å². The molecule has 30 heavy (non-hydrogen) atoms. The van der Waals surface area contributed by atoms with Gasteiger partial charge in [0.1, 0.15) is 12.4 Å². The van der Waals surface area contributed by atoms with Gasteiger partial charge in [-0.15, -0.1) is 0 Å². The van der Waals surface area contributed by atoms with Crippen LogP contribution in [0.25, 0.3) is 0 Å². The maximum Gasteiger partial charge on any atom is 0.246 e. The number of methoxy groups -OCH3 is 1. The average Bonchev–Trinajstić information content (AvgIpc) is 3.18. The van der Waals surface area contributed by atoms with Gasteiger partial charge in [-0.3, -0.25) is 9.79 Å². The Labute approximate surface area is 176 Å². The molecule has 0 radical (unpaired) electrons.